The first kappa shape index (κ1) is 19.7. The number of carbonyl (C=O) groups is 1. The standard InChI is InChI=1S/C20H25FN2O3/c1-13(2)20(14-5-7-15(21)8-6-14)22-12-19(24)23-17-10-9-16(25-3)11-18(17)26-4/h5-11,13,20,22H,12H2,1-4H3,(H,23,24)/t20-/m1/s1. The molecule has 0 aliphatic carbocycles. The summed E-state index contributed by atoms with van der Waals surface area (Å²) < 4.78 is 23.6. The minimum Gasteiger partial charge on any atom is -0.497 e. The average Bonchev–Trinajstić information content (AvgIpc) is 2.63. The van der Waals surface area contributed by atoms with Gasteiger partial charge in [0.1, 0.15) is 17.3 Å². The van der Waals surface area contributed by atoms with Crippen molar-refractivity contribution in [3.05, 3.63) is 53.8 Å². The van der Waals surface area contributed by atoms with Gasteiger partial charge >= 0.3 is 0 Å². The number of amides is 1. The number of anilines is 1. The van der Waals surface area contributed by atoms with E-state index < -0.39 is 0 Å². The highest BCUT2D eigenvalue weighted by molar-refractivity contribution is 5.93. The van der Waals surface area contributed by atoms with Crippen LogP contribution in [0.1, 0.15) is 25.5 Å². The highest BCUT2D eigenvalue weighted by atomic mass is 19.1. The van der Waals surface area contributed by atoms with Gasteiger partial charge in [0.2, 0.25) is 5.91 Å². The van der Waals surface area contributed by atoms with Gasteiger partial charge in [0, 0.05) is 12.1 Å². The lowest BCUT2D eigenvalue weighted by atomic mass is 9.96. The number of nitrogens with one attached hydrogen (secondary N) is 2. The van der Waals surface area contributed by atoms with Crippen LogP contribution in [0.3, 0.4) is 0 Å². The molecule has 2 N–H and O–H groups in total. The van der Waals surface area contributed by atoms with Crippen LogP contribution in [0.5, 0.6) is 11.5 Å². The van der Waals surface area contributed by atoms with Crippen molar-refractivity contribution in [2.75, 3.05) is 26.1 Å². The van der Waals surface area contributed by atoms with Crippen LogP contribution < -0.4 is 20.1 Å². The van der Waals surface area contributed by atoms with E-state index in [-0.39, 0.29) is 30.2 Å². The summed E-state index contributed by atoms with van der Waals surface area (Å²) in [5.41, 5.74) is 1.51. The van der Waals surface area contributed by atoms with E-state index in [0.717, 1.165) is 5.56 Å². The molecule has 26 heavy (non-hydrogen) atoms. The van der Waals surface area contributed by atoms with E-state index in [2.05, 4.69) is 10.6 Å². The highest BCUT2D eigenvalue weighted by Gasteiger charge is 2.17. The Bertz CT molecular complexity index is 732. The van der Waals surface area contributed by atoms with Crippen molar-refractivity contribution in [1.29, 1.82) is 0 Å². The minimum absolute atomic E-state index is 0.0564. The number of hydrogen-bond donors (Lipinski definition) is 2. The van der Waals surface area contributed by atoms with E-state index in [1.807, 2.05) is 13.8 Å². The quantitative estimate of drug-likeness (QED) is 0.752. The van der Waals surface area contributed by atoms with Gasteiger partial charge in [0.05, 0.1) is 26.5 Å². The lowest BCUT2D eigenvalue weighted by Gasteiger charge is -2.23. The van der Waals surface area contributed by atoms with E-state index in [1.165, 1.54) is 19.2 Å². The molecular weight excluding hydrogens is 335 g/mol. The lowest BCUT2D eigenvalue weighted by Crippen LogP contribution is -2.33. The minimum atomic E-state index is -0.277. The van der Waals surface area contributed by atoms with Crippen LogP contribution in [0.25, 0.3) is 0 Å². The van der Waals surface area contributed by atoms with Crippen LogP contribution in [0.4, 0.5) is 10.1 Å². The molecule has 1 amide bonds. The first-order chi connectivity index (χ1) is 12.4. The van der Waals surface area contributed by atoms with Crippen LogP contribution in [0.2, 0.25) is 0 Å². The zero-order valence-electron chi connectivity index (χ0n) is 15.5. The van der Waals surface area contributed by atoms with E-state index >= 15 is 0 Å². The first-order valence-electron chi connectivity index (χ1n) is 8.45. The number of ether oxygens (including phenoxy) is 2. The van der Waals surface area contributed by atoms with Crippen molar-refractivity contribution in [3.8, 4) is 11.5 Å². The second-order valence-corrected chi connectivity index (χ2v) is 6.27. The maximum Gasteiger partial charge on any atom is 0.238 e. The topological polar surface area (TPSA) is 59.6 Å². The molecule has 2 rings (SSSR count). The molecule has 0 heterocycles. The van der Waals surface area contributed by atoms with Crippen molar-refractivity contribution in [3.63, 3.8) is 0 Å². The fourth-order valence-corrected chi connectivity index (χ4v) is 2.71. The molecule has 2 aromatic rings. The predicted octanol–water partition coefficient (Wildman–Crippen LogP) is 3.77. The zero-order chi connectivity index (χ0) is 19.1. The van der Waals surface area contributed by atoms with Crippen molar-refractivity contribution in [2.45, 2.75) is 19.9 Å². The third-order valence-corrected chi connectivity index (χ3v) is 4.06. The Balaban J connectivity index is 2.01. The van der Waals surface area contributed by atoms with Crippen molar-refractivity contribution < 1.29 is 18.7 Å². The highest BCUT2D eigenvalue weighted by Crippen LogP contribution is 2.29. The lowest BCUT2D eigenvalue weighted by molar-refractivity contribution is -0.115. The molecule has 0 fully saturated rings. The predicted molar refractivity (Wildman–Crippen MR) is 100 cm³/mol. The molecule has 0 bridgehead atoms. The Labute approximate surface area is 153 Å². The van der Waals surface area contributed by atoms with Crippen LogP contribution in [-0.2, 0) is 4.79 Å². The van der Waals surface area contributed by atoms with Gasteiger partial charge in [-0.2, -0.15) is 0 Å². The summed E-state index contributed by atoms with van der Waals surface area (Å²) in [6.07, 6.45) is 0. The summed E-state index contributed by atoms with van der Waals surface area (Å²) in [6, 6.07) is 11.5. The molecule has 0 aliphatic heterocycles. The Morgan fingerprint density at radius 3 is 2.35 bits per heavy atom. The number of hydrogen-bond acceptors (Lipinski definition) is 4. The molecule has 0 spiro atoms. The van der Waals surface area contributed by atoms with Gasteiger partial charge in [-0.15, -0.1) is 0 Å². The SMILES string of the molecule is COc1ccc(NC(=O)CN[C@@H](c2ccc(F)cc2)C(C)C)c(OC)c1. The van der Waals surface area contributed by atoms with Crippen molar-refractivity contribution >= 4 is 11.6 Å². The van der Waals surface area contributed by atoms with Gasteiger partial charge in [-0.3, -0.25) is 4.79 Å². The maximum atomic E-state index is 13.1. The van der Waals surface area contributed by atoms with Crippen LogP contribution >= 0.6 is 0 Å². The first-order valence-corrected chi connectivity index (χ1v) is 8.45. The number of halogens is 1. The molecular formula is C20H25FN2O3. The number of carbonyl (C=O) groups excluding carboxylic acids is 1. The van der Waals surface area contributed by atoms with Crippen molar-refractivity contribution in [2.24, 2.45) is 5.92 Å². The second kappa shape index (κ2) is 9.20. The second-order valence-electron chi connectivity index (χ2n) is 6.27. The Kier molecular flexibility index (Phi) is 6.97. The summed E-state index contributed by atoms with van der Waals surface area (Å²) in [6.45, 7) is 4.21. The van der Waals surface area contributed by atoms with Crippen LogP contribution in [0.15, 0.2) is 42.5 Å². The molecule has 0 saturated heterocycles. The molecule has 5 nitrogen and oxygen atoms in total. The molecule has 0 saturated carbocycles. The van der Waals surface area contributed by atoms with E-state index in [9.17, 15) is 9.18 Å². The summed E-state index contributed by atoms with van der Waals surface area (Å²) in [4.78, 5) is 12.3. The van der Waals surface area contributed by atoms with E-state index in [4.69, 9.17) is 9.47 Å². The largest absolute Gasteiger partial charge is 0.497 e. The normalized spacial score (nSPS) is 11.9. The van der Waals surface area contributed by atoms with Gasteiger partial charge in [0.25, 0.3) is 0 Å². The molecule has 6 heteroatoms. The summed E-state index contributed by atoms with van der Waals surface area (Å²) >= 11 is 0. The van der Waals surface area contributed by atoms with Crippen molar-refractivity contribution in [1.82, 2.24) is 5.32 Å². The van der Waals surface area contributed by atoms with Gasteiger partial charge < -0.3 is 20.1 Å². The zero-order valence-corrected chi connectivity index (χ0v) is 15.5. The number of benzene rings is 2. The molecule has 0 aromatic heterocycles. The Morgan fingerprint density at radius 1 is 1.08 bits per heavy atom. The molecule has 140 valence electrons. The van der Waals surface area contributed by atoms with E-state index in [1.54, 1.807) is 37.4 Å². The maximum absolute atomic E-state index is 13.1. The summed E-state index contributed by atoms with van der Waals surface area (Å²) in [5, 5.41) is 6.06. The number of rotatable bonds is 8. The third-order valence-electron chi connectivity index (χ3n) is 4.06. The molecule has 1 atom stereocenters. The fourth-order valence-electron chi connectivity index (χ4n) is 2.71. The van der Waals surface area contributed by atoms with E-state index in [0.29, 0.717) is 17.2 Å². The van der Waals surface area contributed by atoms with Gasteiger partial charge in [-0.1, -0.05) is 26.0 Å². The molecule has 2 aromatic carbocycles. The van der Waals surface area contributed by atoms with Gasteiger partial charge in [0.15, 0.2) is 0 Å². The van der Waals surface area contributed by atoms with Gasteiger partial charge in [-0.25, -0.2) is 4.39 Å². The Hall–Kier alpha value is -2.60. The molecule has 0 unspecified atom stereocenters. The number of methoxy groups -OCH3 is 2. The fraction of sp³-hybridized carbons (Fsp3) is 0.350. The summed E-state index contributed by atoms with van der Waals surface area (Å²) in [7, 11) is 3.10. The van der Waals surface area contributed by atoms with Crippen LogP contribution in [0, 0.1) is 11.7 Å². The molecule has 0 radical (unpaired) electrons. The average molecular weight is 360 g/mol. The van der Waals surface area contributed by atoms with Gasteiger partial charge in [-0.05, 0) is 35.7 Å². The smallest absolute Gasteiger partial charge is 0.238 e. The Morgan fingerprint density at radius 2 is 1.77 bits per heavy atom. The van der Waals surface area contributed by atoms with Crippen LogP contribution in [-0.4, -0.2) is 26.7 Å². The molecule has 0 aliphatic rings. The third kappa shape index (κ3) is 5.20. The summed E-state index contributed by atoms with van der Waals surface area (Å²) in [5.74, 6) is 0.941. The monoisotopic (exact) mass is 360 g/mol.